The molecule has 0 radical (unpaired) electrons. The van der Waals surface area contributed by atoms with Crippen molar-refractivity contribution < 1.29 is 9.53 Å². The van der Waals surface area contributed by atoms with Crippen LogP contribution in [0, 0.1) is 17.3 Å². The zero-order valence-corrected chi connectivity index (χ0v) is 20.4. The summed E-state index contributed by atoms with van der Waals surface area (Å²) in [7, 11) is 0. The minimum Gasteiger partial charge on any atom is -0.488 e. The van der Waals surface area contributed by atoms with Crippen LogP contribution in [0.5, 0.6) is 5.75 Å². The number of halogens is 5. The van der Waals surface area contributed by atoms with Crippen LogP contribution in [0.25, 0.3) is 0 Å². The van der Waals surface area contributed by atoms with Crippen LogP contribution in [0.1, 0.15) is 25.0 Å². The SMILES string of the molecule is CC1(C)C(C=C(Cl)Cl)C1C(=O)NN=Cc1cc(Cl)ccc1OCc1c(Cl)cccc1Cl. The van der Waals surface area contributed by atoms with Gasteiger partial charge < -0.3 is 4.74 Å². The molecule has 1 saturated carbocycles. The van der Waals surface area contributed by atoms with E-state index in [1.807, 2.05) is 13.8 Å². The molecule has 9 heteroatoms. The van der Waals surface area contributed by atoms with E-state index in [0.29, 0.717) is 31.9 Å². The Bertz CT molecular complexity index is 1030. The number of carbonyl (C=O) groups is 1. The number of amides is 1. The summed E-state index contributed by atoms with van der Waals surface area (Å²) in [6.07, 6.45) is 3.15. The number of hydrazone groups is 1. The fourth-order valence-corrected chi connectivity index (χ4v) is 4.39. The Morgan fingerprint density at radius 1 is 1.16 bits per heavy atom. The molecule has 0 aromatic heterocycles. The van der Waals surface area contributed by atoms with Gasteiger partial charge in [-0.05, 0) is 47.7 Å². The van der Waals surface area contributed by atoms with Crippen LogP contribution in [-0.2, 0) is 11.4 Å². The lowest BCUT2D eigenvalue weighted by Crippen LogP contribution is -2.22. The molecule has 0 saturated heterocycles. The minimum absolute atomic E-state index is 0.0434. The van der Waals surface area contributed by atoms with E-state index in [4.69, 9.17) is 62.7 Å². The first kappa shape index (κ1) is 24.2. The number of allylic oxidation sites excluding steroid dienone is 1. The zero-order chi connectivity index (χ0) is 22.8. The number of nitrogens with one attached hydrogen (secondary N) is 1. The predicted molar refractivity (Wildman–Crippen MR) is 129 cm³/mol. The Hall–Kier alpha value is -1.43. The highest BCUT2D eigenvalue weighted by molar-refractivity contribution is 6.55. The summed E-state index contributed by atoms with van der Waals surface area (Å²) in [5, 5.41) is 5.59. The summed E-state index contributed by atoms with van der Waals surface area (Å²) < 4.78 is 6.03. The van der Waals surface area contributed by atoms with Crippen LogP contribution in [0.3, 0.4) is 0 Å². The Morgan fingerprint density at radius 3 is 2.48 bits per heavy atom. The maximum absolute atomic E-state index is 12.5. The van der Waals surface area contributed by atoms with Gasteiger partial charge in [0.2, 0.25) is 5.91 Å². The number of benzene rings is 2. The number of carbonyl (C=O) groups excluding carboxylic acids is 1. The maximum Gasteiger partial charge on any atom is 0.244 e. The first-order valence-electron chi connectivity index (χ1n) is 9.32. The van der Waals surface area contributed by atoms with Crippen molar-refractivity contribution in [2.45, 2.75) is 20.5 Å². The van der Waals surface area contributed by atoms with Gasteiger partial charge in [-0.3, -0.25) is 4.79 Å². The second-order valence-corrected chi connectivity index (χ2v) is 9.95. The van der Waals surface area contributed by atoms with Crippen molar-refractivity contribution in [2.75, 3.05) is 0 Å². The van der Waals surface area contributed by atoms with Crippen LogP contribution < -0.4 is 10.2 Å². The third-order valence-corrected chi connectivity index (χ3v) is 6.48. The van der Waals surface area contributed by atoms with Crippen LogP contribution in [0.15, 0.2) is 52.1 Å². The van der Waals surface area contributed by atoms with E-state index in [0.717, 1.165) is 0 Å². The van der Waals surface area contributed by atoms with Crippen LogP contribution in [0.2, 0.25) is 15.1 Å². The quantitative estimate of drug-likeness (QED) is 0.308. The summed E-state index contributed by atoms with van der Waals surface area (Å²) in [6.45, 7) is 4.11. The summed E-state index contributed by atoms with van der Waals surface area (Å²) >= 11 is 30.0. The van der Waals surface area contributed by atoms with Crippen molar-refractivity contribution in [2.24, 2.45) is 22.4 Å². The average Bonchev–Trinajstić information content (AvgIpc) is 3.21. The van der Waals surface area contributed by atoms with Gasteiger partial charge in [-0.1, -0.05) is 77.9 Å². The fourth-order valence-electron chi connectivity index (χ4n) is 3.43. The molecular weight excluding hydrogens is 502 g/mol. The molecule has 4 nitrogen and oxygen atoms in total. The Morgan fingerprint density at radius 2 is 1.84 bits per heavy atom. The van der Waals surface area contributed by atoms with E-state index >= 15 is 0 Å². The van der Waals surface area contributed by atoms with Crippen molar-refractivity contribution in [3.8, 4) is 5.75 Å². The molecule has 1 fully saturated rings. The van der Waals surface area contributed by atoms with Crippen LogP contribution in [-0.4, -0.2) is 12.1 Å². The van der Waals surface area contributed by atoms with E-state index in [1.54, 1.807) is 42.5 Å². The molecular formula is C22H19Cl5N2O2. The highest BCUT2D eigenvalue weighted by Crippen LogP contribution is 2.59. The highest BCUT2D eigenvalue weighted by Gasteiger charge is 2.60. The maximum atomic E-state index is 12.5. The van der Waals surface area contributed by atoms with Crippen LogP contribution >= 0.6 is 58.0 Å². The standard InChI is InChI=1S/C22H19Cl5N2O2/c1-22(2)15(9-19(26)27)20(22)21(30)29-28-10-12-8-13(23)6-7-18(12)31-11-14-16(24)4-3-5-17(14)25/h3-10,15,20H,11H2,1-2H3,(H,29,30). The molecule has 2 unspecified atom stereocenters. The topological polar surface area (TPSA) is 50.7 Å². The summed E-state index contributed by atoms with van der Waals surface area (Å²) in [5.41, 5.74) is 3.58. The van der Waals surface area contributed by atoms with E-state index in [-0.39, 0.29) is 34.3 Å². The van der Waals surface area contributed by atoms with Crippen molar-refractivity contribution in [3.05, 3.63) is 73.2 Å². The number of hydrogen-bond donors (Lipinski definition) is 1. The lowest BCUT2D eigenvalue weighted by molar-refractivity contribution is -0.123. The van der Waals surface area contributed by atoms with Gasteiger partial charge in [0.15, 0.2) is 0 Å². The second-order valence-electron chi connectivity index (χ2n) is 7.69. The van der Waals surface area contributed by atoms with Crippen LogP contribution in [0.4, 0.5) is 0 Å². The molecule has 3 rings (SSSR count). The summed E-state index contributed by atoms with van der Waals surface area (Å²) in [5.74, 6) is -0.0166. The van der Waals surface area contributed by atoms with Gasteiger partial charge >= 0.3 is 0 Å². The molecule has 2 aromatic carbocycles. The van der Waals surface area contributed by atoms with E-state index in [1.165, 1.54) is 6.21 Å². The Balaban J connectivity index is 1.69. The van der Waals surface area contributed by atoms with Crippen molar-refractivity contribution in [3.63, 3.8) is 0 Å². The smallest absolute Gasteiger partial charge is 0.244 e. The molecule has 0 bridgehead atoms. The second kappa shape index (κ2) is 10.0. The van der Waals surface area contributed by atoms with Gasteiger partial charge in [0.1, 0.15) is 16.8 Å². The Labute approximate surface area is 206 Å². The monoisotopic (exact) mass is 518 g/mol. The number of nitrogens with zero attached hydrogens (tertiary/aromatic N) is 1. The minimum atomic E-state index is -0.269. The lowest BCUT2D eigenvalue weighted by Gasteiger charge is -2.12. The molecule has 1 aliphatic rings. The van der Waals surface area contributed by atoms with Gasteiger partial charge in [-0.25, -0.2) is 5.43 Å². The number of hydrogen-bond acceptors (Lipinski definition) is 3. The van der Waals surface area contributed by atoms with Gasteiger partial charge in [-0.15, -0.1) is 0 Å². The fraction of sp³-hybridized carbons (Fsp3) is 0.273. The third kappa shape index (κ3) is 5.88. The normalized spacial score (nSPS) is 19.2. The summed E-state index contributed by atoms with van der Waals surface area (Å²) in [6, 6.07) is 10.3. The number of rotatable bonds is 7. The molecule has 1 aliphatic carbocycles. The van der Waals surface area contributed by atoms with Crippen molar-refractivity contribution in [1.82, 2.24) is 5.43 Å². The van der Waals surface area contributed by atoms with Crippen molar-refractivity contribution >= 4 is 70.1 Å². The predicted octanol–water partition coefficient (Wildman–Crippen LogP) is 7.27. The molecule has 0 aliphatic heterocycles. The first-order valence-corrected chi connectivity index (χ1v) is 11.2. The average molecular weight is 521 g/mol. The lowest BCUT2D eigenvalue weighted by atomic mass is 10.1. The van der Waals surface area contributed by atoms with Crippen molar-refractivity contribution in [1.29, 1.82) is 0 Å². The molecule has 1 amide bonds. The third-order valence-electron chi connectivity index (χ3n) is 5.28. The first-order chi connectivity index (χ1) is 14.6. The molecule has 0 heterocycles. The van der Waals surface area contributed by atoms with E-state index in [2.05, 4.69) is 10.5 Å². The molecule has 0 spiro atoms. The summed E-state index contributed by atoms with van der Waals surface area (Å²) in [4.78, 5) is 12.5. The molecule has 1 N–H and O–H groups in total. The molecule has 164 valence electrons. The molecule has 31 heavy (non-hydrogen) atoms. The molecule has 2 aromatic rings. The molecule has 2 atom stereocenters. The van der Waals surface area contributed by atoms with E-state index < -0.39 is 0 Å². The Kier molecular flexibility index (Phi) is 7.82. The van der Waals surface area contributed by atoms with Gasteiger partial charge in [0.05, 0.1) is 12.1 Å². The highest BCUT2D eigenvalue weighted by atomic mass is 35.5. The van der Waals surface area contributed by atoms with Gasteiger partial charge in [-0.2, -0.15) is 5.10 Å². The largest absolute Gasteiger partial charge is 0.488 e. The van der Waals surface area contributed by atoms with Gasteiger partial charge in [0, 0.05) is 26.2 Å². The van der Waals surface area contributed by atoms with E-state index in [9.17, 15) is 4.79 Å². The van der Waals surface area contributed by atoms with Gasteiger partial charge in [0.25, 0.3) is 0 Å². The number of ether oxygens (including phenoxy) is 1. The zero-order valence-electron chi connectivity index (χ0n) is 16.6.